The summed E-state index contributed by atoms with van der Waals surface area (Å²) in [6.07, 6.45) is 1.68. The summed E-state index contributed by atoms with van der Waals surface area (Å²) < 4.78 is 5.31. The molecule has 0 aliphatic carbocycles. The Bertz CT molecular complexity index is 455. The Morgan fingerprint density at radius 2 is 2.05 bits per heavy atom. The molecule has 22 heavy (non-hydrogen) atoms. The van der Waals surface area contributed by atoms with Gasteiger partial charge in [-0.15, -0.1) is 11.8 Å². The van der Waals surface area contributed by atoms with Crippen molar-refractivity contribution in [1.82, 2.24) is 10.6 Å². The summed E-state index contributed by atoms with van der Waals surface area (Å²) in [6, 6.07) is 10.3. The number of carbonyl (C=O) groups excluding carboxylic acids is 1. The topological polar surface area (TPSA) is 50.4 Å². The lowest BCUT2D eigenvalue weighted by molar-refractivity contribution is -0.136. The third-order valence-corrected chi connectivity index (χ3v) is 5.21. The lowest BCUT2D eigenvalue weighted by Crippen LogP contribution is -2.51. The standard InChI is InChI=1S/C17H26N2O2S/c1-14(22-15-6-4-3-5-7-15)12-19-16(20)17(13-21-2)8-10-18-11-9-17/h3-7,14,18H,8-13H2,1-2H3,(H,19,20). The molecule has 0 radical (unpaired) electrons. The monoisotopic (exact) mass is 322 g/mol. The third-order valence-electron chi connectivity index (χ3n) is 4.09. The summed E-state index contributed by atoms with van der Waals surface area (Å²) in [5, 5.41) is 6.78. The second-order valence-electron chi connectivity index (χ2n) is 5.91. The van der Waals surface area contributed by atoms with Crippen molar-refractivity contribution in [2.75, 3.05) is 33.4 Å². The molecule has 1 aromatic carbocycles. The van der Waals surface area contributed by atoms with Crippen LogP contribution in [0.25, 0.3) is 0 Å². The highest BCUT2D eigenvalue weighted by molar-refractivity contribution is 8.00. The predicted octanol–water partition coefficient (Wildman–Crippen LogP) is 2.30. The second kappa shape index (κ2) is 8.56. The van der Waals surface area contributed by atoms with Crippen LogP contribution in [-0.2, 0) is 9.53 Å². The molecule has 1 heterocycles. The van der Waals surface area contributed by atoms with Crippen LogP contribution in [0.1, 0.15) is 19.8 Å². The number of thioether (sulfide) groups is 1. The van der Waals surface area contributed by atoms with Crippen LogP contribution in [0.15, 0.2) is 35.2 Å². The molecule has 2 N–H and O–H groups in total. The molecule has 1 amide bonds. The minimum atomic E-state index is -0.364. The fourth-order valence-corrected chi connectivity index (χ4v) is 3.76. The van der Waals surface area contributed by atoms with E-state index in [0.717, 1.165) is 25.9 Å². The average molecular weight is 322 g/mol. The number of benzene rings is 1. The van der Waals surface area contributed by atoms with Crippen molar-refractivity contribution in [1.29, 1.82) is 0 Å². The maximum atomic E-state index is 12.6. The van der Waals surface area contributed by atoms with Gasteiger partial charge in [0.05, 0.1) is 12.0 Å². The van der Waals surface area contributed by atoms with Gasteiger partial charge in [0, 0.05) is 23.8 Å². The van der Waals surface area contributed by atoms with Crippen molar-refractivity contribution in [3.63, 3.8) is 0 Å². The molecule has 0 spiro atoms. The molecule has 0 aromatic heterocycles. The first-order valence-corrected chi connectivity index (χ1v) is 8.74. The van der Waals surface area contributed by atoms with Gasteiger partial charge in [-0.25, -0.2) is 0 Å². The Hall–Kier alpha value is -1.04. The summed E-state index contributed by atoms with van der Waals surface area (Å²) in [4.78, 5) is 13.9. The molecule has 2 rings (SSSR count). The van der Waals surface area contributed by atoms with Crippen molar-refractivity contribution in [2.45, 2.75) is 29.9 Å². The number of rotatable bonds is 7. The van der Waals surface area contributed by atoms with Gasteiger partial charge in [0.25, 0.3) is 0 Å². The van der Waals surface area contributed by atoms with E-state index in [0.29, 0.717) is 18.4 Å². The zero-order valence-corrected chi connectivity index (χ0v) is 14.2. The predicted molar refractivity (Wildman–Crippen MR) is 91.2 cm³/mol. The number of ether oxygens (including phenoxy) is 1. The van der Waals surface area contributed by atoms with Crippen LogP contribution in [-0.4, -0.2) is 44.5 Å². The first-order valence-electron chi connectivity index (χ1n) is 7.86. The van der Waals surface area contributed by atoms with Gasteiger partial charge in [0.15, 0.2) is 0 Å². The lowest BCUT2D eigenvalue weighted by atomic mass is 9.78. The Labute approximate surface area is 137 Å². The molecule has 5 heteroatoms. The van der Waals surface area contributed by atoms with Gasteiger partial charge in [0.1, 0.15) is 0 Å². The van der Waals surface area contributed by atoms with Crippen LogP contribution in [0.5, 0.6) is 0 Å². The van der Waals surface area contributed by atoms with Crippen molar-refractivity contribution in [3.05, 3.63) is 30.3 Å². The number of piperidine rings is 1. The number of methoxy groups -OCH3 is 1. The molecule has 0 bridgehead atoms. The minimum absolute atomic E-state index is 0.136. The van der Waals surface area contributed by atoms with Crippen LogP contribution in [0.4, 0.5) is 0 Å². The zero-order valence-electron chi connectivity index (χ0n) is 13.4. The van der Waals surface area contributed by atoms with E-state index in [1.54, 1.807) is 18.9 Å². The maximum absolute atomic E-state index is 12.6. The highest BCUT2D eigenvalue weighted by Gasteiger charge is 2.39. The molecular formula is C17H26N2O2S. The molecule has 1 aliphatic rings. The molecule has 1 atom stereocenters. The molecule has 1 aliphatic heterocycles. The molecule has 4 nitrogen and oxygen atoms in total. The lowest BCUT2D eigenvalue weighted by Gasteiger charge is -2.35. The van der Waals surface area contributed by atoms with Crippen LogP contribution < -0.4 is 10.6 Å². The van der Waals surface area contributed by atoms with Gasteiger partial charge in [-0.2, -0.15) is 0 Å². The minimum Gasteiger partial charge on any atom is -0.384 e. The summed E-state index contributed by atoms with van der Waals surface area (Å²) in [7, 11) is 1.67. The Morgan fingerprint density at radius 3 is 2.68 bits per heavy atom. The van der Waals surface area contributed by atoms with Crippen LogP contribution in [0.3, 0.4) is 0 Å². The second-order valence-corrected chi connectivity index (χ2v) is 7.43. The van der Waals surface area contributed by atoms with E-state index in [-0.39, 0.29) is 11.3 Å². The largest absolute Gasteiger partial charge is 0.384 e. The van der Waals surface area contributed by atoms with Gasteiger partial charge in [-0.1, -0.05) is 25.1 Å². The quantitative estimate of drug-likeness (QED) is 0.756. The molecule has 1 aromatic rings. The Balaban J connectivity index is 1.85. The van der Waals surface area contributed by atoms with Gasteiger partial charge in [-0.05, 0) is 38.1 Å². The van der Waals surface area contributed by atoms with Crippen LogP contribution >= 0.6 is 11.8 Å². The Kier molecular flexibility index (Phi) is 6.73. The fraction of sp³-hybridized carbons (Fsp3) is 0.588. The smallest absolute Gasteiger partial charge is 0.228 e. The Morgan fingerprint density at radius 1 is 1.36 bits per heavy atom. The number of carbonyl (C=O) groups is 1. The number of hydrogen-bond donors (Lipinski definition) is 2. The van der Waals surface area contributed by atoms with E-state index in [1.165, 1.54) is 4.90 Å². The molecule has 1 saturated heterocycles. The van der Waals surface area contributed by atoms with Gasteiger partial charge in [-0.3, -0.25) is 4.79 Å². The molecule has 122 valence electrons. The van der Waals surface area contributed by atoms with Gasteiger partial charge < -0.3 is 15.4 Å². The van der Waals surface area contributed by atoms with Gasteiger partial charge >= 0.3 is 0 Å². The first-order chi connectivity index (χ1) is 10.7. The highest BCUT2D eigenvalue weighted by Crippen LogP contribution is 2.30. The average Bonchev–Trinajstić information content (AvgIpc) is 2.54. The fourth-order valence-electron chi connectivity index (χ4n) is 2.82. The molecule has 0 saturated carbocycles. The third kappa shape index (κ3) is 4.73. The normalized spacial score (nSPS) is 18.6. The van der Waals surface area contributed by atoms with Crippen molar-refractivity contribution in [3.8, 4) is 0 Å². The summed E-state index contributed by atoms with van der Waals surface area (Å²) >= 11 is 1.79. The molecular weight excluding hydrogens is 296 g/mol. The zero-order chi connectivity index (χ0) is 15.8. The summed E-state index contributed by atoms with van der Waals surface area (Å²) in [5.74, 6) is 0.136. The SMILES string of the molecule is COCC1(C(=O)NCC(C)Sc2ccccc2)CCNCC1. The summed E-state index contributed by atoms with van der Waals surface area (Å²) in [5.41, 5.74) is -0.364. The summed E-state index contributed by atoms with van der Waals surface area (Å²) in [6.45, 7) is 5.08. The van der Waals surface area contributed by atoms with Crippen molar-refractivity contribution < 1.29 is 9.53 Å². The highest BCUT2D eigenvalue weighted by atomic mass is 32.2. The van der Waals surface area contributed by atoms with E-state index in [1.807, 2.05) is 18.2 Å². The number of nitrogens with one attached hydrogen (secondary N) is 2. The molecule has 1 fully saturated rings. The van der Waals surface area contributed by atoms with Crippen molar-refractivity contribution >= 4 is 17.7 Å². The van der Waals surface area contributed by atoms with E-state index >= 15 is 0 Å². The van der Waals surface area contributed by atoms with Gasteiger partial charge in [0.2, 0.25) is 5.91 Å². The first kappa shape index (κ1) is 17.3. The van der Waals surface area contributed by atoms with E-state index < -0.39 is 0 Å². The van der Waals surface area contributed by atoms with E-state index in [2.05, 4.69) is 29.7 Å². The van der Waals surface area contributed by atoms with Crippen molar-refractivity contribution in [2.24, 2.45) is 5.41 Å². The van der Waals surface area contributed by atoms with Crippen LogP contribution in [0.2, 0.25) is 0 Å². The molecule has 1 unspecified atom stereocenters. The number of hydrogen-bond acceptors (Lipinski definition) is 4. The number of amides is 1. The van der Waals surface area contributed by atoms with E-state index in [9.17, 15) is 4.79 Å². The van der Waals surface area contributed by atoms with E-state index in [4.69, 9.17) is 4.74 Å². The maximum Gasteiger partial charge on any atom is 0.228 e. The van der Waals surface area contributed by atoms with Crippen LogP contribution in [0, 0.1) is 5.41 Å².